The zero-order chi connectivity index (χ0) is 20.6. The number of aromatic nitrogens is 2. The van der Waals surface area contributed by atoms with Gasteiger partial charge in [0.25, 0.3) is 0 Å². The van der Waals surface area contributed by atoms with Gasteiger partial charge in [0.1, 0.15) is 18.5 Å². The maximum atomic E-state index is 10.3. The topological polar surface area (TPSA) is 91.8 Å². The van der Waals surface area contributed by atoms with Gasteiger partial charge in [-0.1, -0.05) is 0 Å². The van der Waals surface area contributed by atoms with Crippen molar-refractivity contribution in [3.63, 3.8) is 0 Å². The summed E-state index contributed by atoms with van der Waals surface area (Å²) >= 11 is 0. The Hall–Kier alpha value is -2.32. The molecular formula is C21H33N5O3. The van der Waals surface area contributed by atoms with Crippen LogP contribution in [0.3, 0.4) is 0 Å². The lowest BCUT2D eigenvalue weighted by Gasteiger charge is -2.24. The van der Waals surface area contributed by atoms with E-state index in [0.717, 1.165) is 37.6 Å². The maximum absolute atomic E-state index is 10.3. The average Bonchev–Trinajstić information content (AvgIpc) is 3.19. The lowest BCUT2D eigenvalue weighted by molar-refractivity contribution is 0.0437. The van der Waals surface area contributed by atoms with Crippen molar-refractivity contribution in [1.29, 1.82) is 0 Å². The number of nitrogens with one attached hydrogen (secondary N) is 2. The van der Waals surface area contributed by atoms with Crippen LogP contribution in [0.25, 0.3) is 0 Å². The van der Waals surface area contributed by atoms with Gasteiger partial charge in [0, 0.05) is 24.8 Å². The Balaban J connectivity index is 1.60. The summed E-state index contributed by atoms with van der Waals surface area (Å²) in [6.07, 6.45) is 6.59. The normalized spacial score (nSPS) is 20.6. The van der Waals surface area contributed by atoms with Crippen LogP contribution in [-0.4, -0.2) is 72.0 Å². The van der Waals surface area contributed by atoms with E-state index >= 15 is 0 Å². The van der Waals surface area contributed by atoms with Crippen LogP contribution >= 0.6 is 0 Å². The molecule has 3 N–H and O–H groups in total. The highest BCUT2D eigenvalue weighted by Gasteiger charge is 2.21. The number of ether oxygens (including phenoxy) is 2. The minimum Gasteiger partial charge on any atom is -0.493 e. The summed E-state index contributed by atoms with van der Waals surface area (Å²) in [5.74, 6) is 2.70. The van der Waals surface area contributed by atoms with Gasteiger partial charge in [0.15, 0.2) is 11.5 Å². The summed E-state index contributed by atoms with van der Waals surface area (Å²) in [6.45, 7) is 7.78. The number of hydrogen-bond donors (Lipinski definition) is 3. The molecule has 1 fully saturated rings. The van der Waals surface area contributed by atoms with Crippen LogP contribution in [0.4, 0.5) is 11.8 Å². The summed E-state index contributed by atoms with van der Waals surface area (Å²) < 4.78 is 11.4. The van der Waals surface area contributed by atoms with Crippen molar-refractivity contribution in [2.45, 2.75) is 45.3 Å². The Morgan fingerprint density at radius 2 is 2.07 bits per heavy atom. The fourth-order valence-corrected chi connectivity index (χ4v) is 3.64. The Labute approximate surface area is 173 Å². The van der Waals surface area contributed by atoms with Gasteiger partial charge in [-0.2, -0.15) is 4.98 Å². The molecule has 1 aliphatic carbocycles. The smallest absolute Gasteiger partial charge is 0.225 e. The quantitative estimate of drug-likeness (QED) is 0.548. The summed E-state index contributed by atoms with van der Waals surface area (Å²) in [5.41, 5.74) is 0.896. The van der Waals surface area contributed by atoms with Crippen LogP contribution in [-0.2, 0) is 9.47 Å². The van der Waals surface area contributed by atoms with Crippen LogP contribution in [0, 0.1) is 6.92 Å². The van der Waals surface area contributed by atoms with E-state index in [0.29, 0.717) is 24.0 Å². The van der Waals surface area contributed by atoms with E-state index < -0.39 is 6.10 Å². The van der Waals surface area contributed by atoms with Gasteiger partial charge in [0.2, 0.25) is 5.95 Å². The molecule has 0 aromatic carbocycles. The van der Waals surface area contributed by atoms with Crippen LogP contribution in [0.1, 0.15) is 31.9 Å². The first-order valence-corrected chi connectivity index (χ1v) is 10.4. The molecule has 2 atom stereocenters. The highest BCUT2D eigenvalue weighted by Crippen LogP contribution is 2.23. The minimum absolute atomic E-state index is 0.0177. The second-order valence-electron chi connectivity index (χ2n) is 7.51. The third-order valence-corrected chi connectivity index (χ3v) is 5.00. The lowest BCUT2D eigenvalue weighted by Crippen LogP contribution is -2.33. The Bertz CT molecular complexity index is 731. The van der Waals surface area contributed by atoms with E-state index in [1.807, 2.05) is 32.1 Å². The predicted octanol–water partition coefficient (Wildman–Crippen LogP) is 2.29. The standard InChI is InChI=1S/C21H33N5O3/c1-4-22-20-11-15(2)23-21(25-20)24-16-7-8-18(28-3)19(12-16)29-14-17(27)13-26-9-5-6-10-26/h8,11-12,16-17,27H,4-7,9-10,13-14H2,1-3H3,(H2,22,23,24,25)/t16?,17-/m1/s1. The third kappa shape index (κ3) is 6.33. The molecule has 1 aliphatic heterocycles. The van der Waals surface area contributed by atoms with E-state index in [9.17, 15) is 5.11 Å². The number of nitrogens with zero attached hydrogens (tertiary/aromatic N) is 3. The SMILES string of the molecule is CCNc1cc(C)nc(NC2C=C(OC[C@H](O)CN3CCCC3)C(OC)=CC2)n1. The van der Waals surface area contributed by atoms with Crippen molar-refractivity contribution in [2.75, 3.05) is 50.5 Å². The molecule has 2 heterocycles. The molecule has 1 saturated heterocycles. The van der Waals surface area contributed by atoms with Crippen molar-refractivity contribution >= 4 is 11.8 Å². The van der Waals surface area contributed by atoms with Crippen LogP contribution < -0.4 is 10.6 Å². The fraction of sp³-hybridized carbons (Fsp3) is 0.619. The second kappa shape index (κ2) is 10.5. The zero-order valence-corrected chi connectivity index (χ0v) is 17.6. The number of aliphatic hydroxyl groups excluding tert-OH is 1. The lowest BCUT2D eigenvalue weighted by atomic mass is 10.1. The van der Waals surface area contributed by atoms with Crippen molar-refractivity contribution < 1.29 is 14.6 Å². The first kappa shape index (κ1) is 21.4. The van der Waals surface area contributed by atoms with E-state index in [4.69, 9.17) is 9.47 Å². The molecule has 8 heteroatoms. The number of anilines is 2. The molecule has 0 radical (unpaired) electrons. The van der Waals surface area contributed by atoms with E-state index in [-0.39, 0.29) is 12.6 Å². The number of aryl methyl sites for hydroxylation is 1. The Kier molecular flexibility index (Phi) is 7.71. The molecule has 1 aromatic rings. The first-order valence-electron chi connectivity index (χ1n) is 10.4. The zero-order valence-electron chi connectivity index (χ0n) is 17.6. The summed E-state index contributed by atoms with van der Waals surface area (Å²) in [7, 11) is 1.63. The van der Waals surface area contributed by atoms with Gasteiger partial charge in [-0.25, -0.2) is 4.98 Å². The molecule has 3 rings (SSSR count). The molecule has 1 aromatic heterocycles. The molecule has 160 valence electrons. The van der Waals surface area contributed by atoms with E-state index in [2.05, 4.69) is 25.5 Å². The molecule has 29 heavy (non-hydrogen) atoms. The number of aliphatic hydroxyl groups is 1. The number of hydrogen-bond acceptors (Lipinski definition) is 8. The minimum atomic E-state index is -0.525. The van der Waals surface area contributed by atoms with Crippen LogP contribution in [0.5, 0.6) is 0 Å². The molecular weight excluding hydrogens is 370 g/mol. The molecule has 0 amide bonds. The highest BCUT2D eigenvalue weighted by molar-refractivity contribution is 5.44. The predicted molar refractivity (Wildman–Crippen MR) is 114 cm³/mol. The number of β-amino-alcohol motifs (C(OH)–C–C–N with tert-alkyl or cyclic N) is 1. The number of rotatable bonds is 10. The van der Waals surface area contributed by atoms with Crippen molar-refractivity contribution in [2.24, 2.45) is 0 Å². The average molecular weight is 404 g/mol. The van der Waals surface area contributed by atoms with E-state index in [1.54, 1.807) is 7.11 Å². The van der Waals surface area contributed by atoms with Crippen molar-refractivity contribution in [3.05, 3.63) is 35.4 Å². The Morgan fingerprint density at radius 1 is 1.28 bits per heavy atom. The largest absolute Gasteiger partial charge is 0.493 e. The molecule has 0 bridgehead atoms. The van der Waals surface area contributed by atoms with Crippen molar-refractivity contribution in [3.8, 4) is 0 Å². The van der Waals surface area contributed by atoms with Gasteiger partial charge in [-0.15, -0.1) is 0 Å². The second-order valence-corrected chi connectivity index (χ2v) is 7.51. The maximum Gasteiger partial charge on any atom is 0.225 e. The summed E-state index contributed by atoms with van der Waals surface area (Å²) in [4.78, 5) is 11.3. The number of likely N-dealkylation sites (tertiary alicyclic amines) is 1. The Morgan fingerprint density at radius 3 is 2.79 bits per heavy atom. The van der Waals surface area contributed by atoms with Crippen LogP contribution in [0.2, 0.25) is 0 Å². The van der Waals surface area contributed by atoms with Gasteiger partial charge in [-0.05, 0) is 58.4 Å². The highest BCUT2D eigenvalue weighted by atomic mass is 16.5. The third-order valence-electron chi connectivity index (χ3n) is 5.00. The van der Waals surface area contributed by atoms with Crippen LogP contribution in [0.15, 0.2) is 29.7 Å². The number of methoxy groups -OCH3 is 1. The molecule has 2 aliphatic rings. The fourth-order valence-electron chi connectivity index (χ4n) is 3.64. The van der Waals surface area contributed by atoms with Crippen molar-refractivity contribution in [1.82, 2.24) is 14.9 Å². The molecule has 8 nitrogen and oxygen atoms in total. The van der Waals surface area contributed by atoms with E-state index in [1.165, 1.54) is 12.8 Å². The van der Waals surface area contributed by atoms with Gasteiger partial charge < -0.3 is 30.1 Å². The van der Waals surface area contributed by atoms with Gasteiger partial charge in [-0.3, -0.25) is 0 Å². The van der Waals surface area contributed by atoms with Gasteiger partial charge >= 0.3 is 0 Å². The monoisotopic (exact) mass is 403 g/mol. The summed E-state index contributed by atoms with van der Waals surface area (Å²) in [5, 5.41) is 16.9. The van der Waals surface area contributed by atoms with Gasteiger partial charge in [0.05, 0.1) is 13.2 Å². The summed E-state index contributed by atoms with van der Waals surface area (Å²) in [6, 6.07) is 1.90. The molecule has 0 saturated carbocycles. The molecule has 0 spiro atoms. The first-order chi connectivity index (χ1) is 14.1. The molecule has 1 unspecified atom stereocenters.